The van der Waals surface area contributed by atoms with E-state index in [4.69, 9.17) is 5.84 Å². The van der Waals surface area contributed by atoms with Crippen LogP contribution in [-0.2, 0) is 0 Å². The molecule has 0 bridgehead atoms. The maximum Gasteiger partial charge on any atom is 0.270 e. The van der Waals surface area contributed by atoms with Crippen LogP contribution in [-0.4, -0.2) is 9.91 Å². The molecule has 0 aliphatic rings. The summed E-state index contributed by atoms with van der Waals surface area (Å²) in [5.41, 5.74) is 4.05. The van der Waals surface area contributed by atoms with Gasteiger partial charge in [-0.1, -0.05) is 0 Å². The molecule has 0 atom stereocenters. The molecule has 3 N–H and O–H groups in total. The van der Waals surface area contributed by atoms with E-state index in [0.717, 1.165) is 10.9 Å². The van der Waals surface area contributed by atoms with Gasteiger partial charge in [0.2, 0.25) is 0 Å². The van der Waals surface area contributed by atoms with E-state index < -0.39 is 4.92 Å². The second-order valence-electron chi connectivity index (χ2n) is 3.43. The highest BCUT2D eigenvalue weighted by atomic mass is 16.6. The largest absolute Gasteiger partial charge is 0.308 e. The lowest BCUT2D eigenvalue weighted by molar-refractivity contribution is -0.384. The smallest absolute Gasteiger partial charge is 0.270 e. The molecule has 82 valence electrons. The molecule has 16 heavy (non-hydrogen) atoms. The number of nitro groups is 1. The normalized spacial score (nSPS) is 10.4. The van der Waals surface area contributed by atoms with Gasteiger partial charge in [0.15, 0.2) is 0 Å². The summed E-state index contributed by atoms with van der Waals surface area (Å²) in [5.74, 6) is 5.87. The van der Waals surface area contributed by atoms with E-state index in [2.05, 4.69) is 10.4 Å². The van der Waals surface area contributed by atoms with Gasteiger partial charge in [0.1, 0.15) is 5.82 Å². The zero-order chi connectivity index (χ0) is 11.7. The second-order valence-corrected chi connectivity index (χ2v) is 3.43. The number of pyridine rings is 1. The van der Waals surface area contributed by atoms with E-state index in [1.807, 2.05) is 13.0 Å². The molecule has 0 radical (unpaired) electrons. The summed E-state index contributed by atoms with van der Waals surface area (Å²) in [5, 5.41) is 11.3. The molecule has 0 fully saturated rings. The van der Waals surface area contributed by atoms with Crippen LogP contribution in [0.4, 0.5) is 11.5 Å². The van der Waals surface area contributed by atoms with Crippen LogP contribution in [0, 0.1) is 17.0 Å². The molecule has 1 aromatic carbocycles. The highest BCUT2D eigenvalue weighted by molar-refractivity contribution is 5.83. The van der Waals surface area contributed by atoms with Crippen molar-refractivity contribution in [1.29, 1.82) is 0 Å². The summed E-state index contributed by atoms with van der Waals surface area (Å²) in [7, 11) is 0. The van der Waals surface area contributed by atoms with Crippen LogP contribution in [0.25, 0.3) is 10.9 Å². The Bertz CT molecular complexity index is 568. The lowest BCUT2D eigenvalue weighted by Crippen LogP contribution is -2.10. The highest BCUT2D eigenvalue weighted by Crippen LogP contribution is 2.23. The zero-order valence-electron chi connectivity index (χ0n) is 8.60. The minimum absolute atomic E-state index is 0.0576. The molecular formula is C10H10N4O2. The van der Waals surface area contributed by atoms with Crippen molar-refractivity contribution in [1.82, 2.24) is 4.98 Å². The molecule has 0 aliphatic carbocycles. The summed E-state index contributed by atoms with van der Waals surface area (Å²) in [6, 6.07) is 6.33. The summed E-state index contributed by atoms with van der Waals surface area (Å²) in [4.78, 5) is 14.4. The summed E-state index contributed by atoms with van der Waals surface area (Å²) < 4.78 is 0. The number of aromatic nitrogens is 1. The number of hydrazine groups is 1. The standard InChI is InChI=1S/C10H10N4O2/c1-6-4-7-5-8(14(15)16)2-3-9(7)12-10(6)13-11/h2-5H,11H2,1H3,(H,12,13). The van der Waals surface area contributed by atoms with Crippen molar-refractivity contribution >= 4 is 22.4 Å². The number of nitrogen functional groups attached to an aromatic ring is 1. The maximum atomic E-state index is 10.6. The van der Waals surface area contributed by atoms with Gasteiger partial charge in [0.25, 0.3) is 5.69 Å². The zero-order valence-corrected chi connectivity index (χ0v) is 8.60. The van der Waals surface area contributed by atoms with Gasteiger partial charge in [-0.05, 0) is 24.6 Å². The average Bonchev–Trinajstić information content (AvgIpc) is 2.27. The monoisotopic (exact) mass is 218 g/mol. The third-order valence-corrected chi connectivity index (χ3v) is 2.34. The number of hydrogen-bond donors (Lipinski definition) is 2. The first-order valence-electron chi connectivity index (χ1n) is 4.64. The molecule has 2 aromatic rings. The van der Waals surface area contributed by atoms with Gasteiger partial charge >= 0.3 is 0 Å². The number of nitro benzene ring substituents is 1. The fourth-order valence-corrected chi connectivity index (χ4v) is 1.53. The molecule has 0 unspecified atom stereocenters. The quantitative estimate of drug-likeness (QED) is 0.455. The average molecular weight is 218 g/mol. The van der Waals surface area contributed by atoms with E-state index in [1.165, 1.54) is 12.1 Å². The van der Waals surface area contributed by atoms with Crippen molar-refractivity contribution in [2.75, 3.05) is 5.43 Å². The Morgan fingerprint density at radius 3 is 2.81 bits per heavy atom. The minimum atomic E-state index is -0.427. The predicted octanol–water partition coefficient (Wildman–Crippen LogP) is 1.74. The van der Waals surface area contributed by atoms with Crippen molar-refractivity contribution in [2.24, 2.45) is 5.84 Å². The van der Waals surface area contributed by atoms with E-state index in [0.29, 0.717) is 11.3 Å². The van der Waals surface area contributed by atoms with Crippen LogP contribution in [0.15, 0.2) is 24.3 Å². The number of hydrogen-bond acceptors (Lipinski definition) is 5. The number of benzene rings is 1. The second kappa shape index (κ2) is 3.74. The Hall–Kier alpha value is -2.21. The van der Waals surface area contributed by atoms with Gasteiger partial charge in [-0.2, -0.15) is 0 Å². The van der Waals surface area contributed by atoms with Gasteiger partial charge in [-0.3, -0.25) is 10.1 Å². The van der Waals surface area contributed by atoms with Crippen molar-refractivity contribution in [3.05, 3.63) is 39.9 Å². The summed E-state index contributed by atoms with van der Waals surface area (Å²) in [6.45, 7) is 1.83. The first kappa shape index (κ1) is 10.3. The number of rotatable bonds is 2. The van der Waals surface area contributed by atoms with Crippen LogP contribution in [0.2, 0.25) is 0 Å². The molecular weight excluding hydrogens is 208 g/mol. The van der Waals surface area contributed by atoms with Gasteiger partial charge in [0.05, 0.1) is 10.4 Å². The third-order valence-electron chi connectivity index (χ3n) is 2.34. The Balaban J connectivity index is 2.66. The SMILES string of the molecule is Cc1cc2cc([N+](=O)[O-])ccc2nc1NN. The lowest BCUT2D eigenvalue weighted by atomic mass is 10.1. The van der Waals surface area contributed by atoms with Crippen LogP contribution < -0.4 is 11.3 Å². The Kier molecular flexibility index (Phi) is 2.41. The Morgan fingerprint density at radius 1 is 1.44 bits per heavy atom. The Labute approximate surface area is 91.2 Å². The first-order valence-corrected chi connectivity index (χ1v) is 4.64. The maximum absolute atomic E-state index is 10.6. The molecule has 6 nitrogen and oxygen atoms in total. The molecule has 0 amide bonds. The molecule has 6 heteroatoms. The lowest BCUT2D eigenvalue weighted by Gasteiger charge is -2.05. The topological polar surface area (TPSA) is 94.1 Å². The summed E-state index contributed by atoms with van der Waals surface area (Å²) >= 11 is 0. The van der Waals surface area contributed by atoms with Crippen LogP contribution in [0.3, 0.4) is 0 Å². The van der Waals surface area contributed by atoms with Crippen LogP contribution in [0.5, 0.6) is 0 Å². The van der Waals surface area contributed by atoms with E-state index >= 15 is 0 Å². The number of anilines is 1. The molecule has 0 aliphatic heterocycles. The fourth-order valence-electron chi connectivity index (χ4n) is 1.53. The summed E-state index contributed by atoms with van der Waals surface area (Å²) in [6.07, 6.45) is 0. The number of fused-ring (bicyclic) bond motifs is 1. The number of aryl methyl sites for hydroxylation is 1. The van der Waals surface area contributed by atoms with Crippen LogP contribution >= 0.6 is 0 Å². The van der Waals surface area contributed by atoms with E-state index in [1.54, 1.807) is 6.07 Å². The van der Waals surface area contributed by atoms with E-state index in [9.17, 15) is 10.1 Å². The molecule has 2 rings (SSSR count). The predicted molar refractivity (Wildman–Crippen MR) is 60.9 cm³/mol. The molecule has 0 saturated carbocycles. The van der Waals surface area contributed by atoms with Crippen LogP contribution in [0.1, 0.15) is 5.56 Å². The minimum Gasteiger partial charge on any atom is -0.308 e. The molecule has 0 saturated heterocycles. The van der Waals surface area contributed by atoms with Crippen molar-refractivity contribution in [2.45, 2.75) is 6.92 Å². The highest BCUT2D eigenvalue weighted by Gasteiger charge is 2.08. The number of nitrogens with two attached hydrogens (primary N) is 1. The Morgan fingerprint density at radius 2 is 2.19 bits per heavy atom. The molecule has 0 spiro atoms. The van der Waals surface area contributed by atoms with Gasteiger partial charge in [-0.25, -0.2) is 10.8 Å². The first-order chi connectivity index (χ1) is 7.61. The third kappa shape index (κ3) is 1.66. The van der Waals surface area contributed by atoms with Crippen molar-refractivity contribution < 1.29 is 4.92 Å². The van der Waals surface area contributed by atoms with Gasteiger partial charge in [0, 0.05) is 17.5 Å². The fraction of sp³-hybridized carbons (Fsp3) is 0.100. The van der Waals surface area contributed by atoms with Gasteiger partial charge < -0.3 is 5.43 Å². The molecule has 1 aromatic heterocycles. The van der Waals surface area contributed by atoms with E-state index in [-0.39, 0.29) is 5.69 Å². The van der Waals surface area contributed by atoms with Gasteiger partial charge in [-0.15, -0.1) is 0 Å². The number of nitrogens with one attached hydrogen (secondary N) is 1. The molecule has 1 heterocycles. The van der Waals surface area contributed by atoms with Crippen molar-refractivity contribution in [3.63, 3.8) is 0 Å². The number of nitrogens with zero attached hydrogens (tertiary/aromatic N) is 2. The number of non-ortho nitro benzene ring substituents is 1. The van der Waals surface area contributed by atoms with Crippen molar-refractivity contribution in [3.8, 4) is 0 Å².